The number of rotatable bonds is 2. The molecule has 2 N–H and O–H groups in total. The maximum Gasteiger partial charge on any atom is 0.0272 e. The van der Waals surface area contributed by atoms with Gasteiger partial charge in [0.2, 0.25) is 0 Å². The SMILES string of the molecule is CCC(S)C1(N)CCC1. The van der Waals surface area contributed by atoms with Crippen molar-refractivity contribution in [3.8, 4) is 0 Å². The maximum absolute atomic E-state index is 5.98. The van der Waals surface area contributed by atoms with Crippen LogP contribution in [0.25, 0.3) is 0 Å². The van der Waals surface area contributed by atoms with E-state index in [4.69, 9.17) is 5.73 Å². The Balaban J connectivity index is 2.38. The van der Waals surface area contributed by atoms with Gasteiger partial charge >= 0.3 is 0 Å². The third kappa shape index (κ3) is 1.24. The lowest BCUT2D eigenvalue weighted by Crippen LogP contribution is -2.53. The van der Waals surface area contributed by atoms with Crippen LogP contribution in [-0.2, 0) is 0 Å². The summed E-state index contributed by atoms with van der Waals surface area (Å²) in [6.45, 7) is 2.14. The third-order valence-corrected chi connectivity index (χ3v) is 3.21. The second kappa shape index (κ2) is 2.51. The Labute approximate surface area is 62.4 Å². The zero-order valence-electron chi connectivity index (χ0n) is 5.93. The molecule has 1 saturated carbocycles. The molecule has 0 saturated heterocycles. The first-order valence-electron chi connectivity index (χ1n) is 3.66. The van der Waals surface area contributed by atoms with Crippen molar-refractivity contribution in [1.29, 1.82) is 0 Å². The lowest BCUT2D eigenvalue weighted by atomic mass is 9.74. The van der Waals surface area contributed by atoms with Gasteiger partial charge in [-0.3, -0.25) is 0 Å². The summed E-state index contributed by atoms with van der Waals surface area (Å²) in [5, 5.41) is 0.422. The van der Waals surface area contributed by atoms with Gasteiger partial charge in [0.05, 0.1) is 0 Å². The van der Waals surface area contributed by atoms with Gasteiger partial charge in [-0.15, -0.1) is 0 Å². The summed E-state index contributed by atoms with van der Waals surface area (Å²) in [7, 11) is 0. The molecule has 1 atom stereocenters. The van der Waals surface area contributed by atoms with Crippen LogP contribution in [0.1, 0.15) is 32.6 Å². The number of thiol groups is 1. The predicted molar refractivity (Wildman–Crippen MR) is 43.8 cm³/mol. The summed E-state index contributed by atoms with van der Waals surface area (Å²) in [6.07, 6.45) is 4.75. The molecule has 1 rings (SSSR count). The Kier molecular flexibility index (Phi) is 2.07. The highest BCUT2D eigenvalue weighted by molar-refractivity contribution is 7.81. The Hall–Kier alpha value is 0.310. The molecule has 1 nitrogen and oxygen atoms in total. The fourth-order valence-corrected chi connectivity index (χ4v) is 1.58. The topological polar surface area (TPSA) is 26.0 Å². The minimum Gasteiger partial charge on any atom is -0.324 e. The highest BCUT2D eigenvalue weighted by Gasteiger charge is 2.37. The van der Waals surface area contributed by atoms with E-state index in [-0.39, 0.29) is 5.54 Å². The highest BCUT2D eigenvalue weighted by Crippen LogP contribution is 2.35. The molecule has 1 aliphatic rings. The van der Waals surface area contributed by atoms with Gasteiger partial charge in [0, 0.05) is 10.8 Å². The van der Waals surface area contributed by atoms with Crippen LogP contribution in [0.5, 0.6) is 0 Å². The van der Waals surface area contributed by atoms with Gasteiger partial charge in [0.15, 0.2) is 0 Å². The molecular weight excluding hydrogens is 130 g/mol. The second-order valence-electron chi connectivity index (χ2n) is 3.01. The van der Waals surface area contributed by atoms with E-state index < -0.39 is 0 Å². The zero-order chi connectivity index (χ0) is 6.91. The van der Waals surface area contributed by atoms with Crippen LogP contribution < -0.4 is 5.73 Å². The fraction of sp³-hybridized carbons (Fsp3) is 1.00. The highest BCUT2D eigenvalue weighted by atomic mass is 32.1. The van der Waals surface area contributed by atoms with Crippen molar-refractivity contribution < 1.29 is 0 Å². The molecule has 9 heavy (non-hydrogen) atoms. The standard InChI is InChI=1S/C7H15NS/c1-2-6(9)7(8)4-3-5-7/h6,9H,2-5,8H2,1H3. The van der Waals surface area contributed by atoms with E-state index in [1.165, 1.54) is 19.3 Å². The van der Waals surface area contributed by atoms with E-state index in [1.54, 1.807) is 0 Å². The summed E-state index contributed by atoms with van der Waals surface area (Å²) in [6, 6.07) is 0. The predicted octanol–water partition coefficient (Wildman–Crippen LogP) is 1.58. The van der Waals surface area contributed by atoms with Crippen molar-refractivity contribution in [1.82, 2.24) is 0 Å². The molecular formula is C7H15NS. The van der Waals surface area contributed by atoms with E-state index in [9.17, 15) is 0 Å². The summed E-state index contributed by atoms with van der Waals surface area (Å²) in [5.41, 5.74) is 6.08. The average Bonchev–Trinajstić information content (AvgIpc) is 1.81. The normalized spacial score (nSPS) is 27.0. The first kappa shape index (κ1) is 7.42. The van der Waals surface area contributed by atoms with Crippen LogP contribution in [0.3, 0.4) is 0 Å². The van der Waals surface area contributed by atoms with Crippen molar-refractivity contribution in [2.45, 2.75) is 43.4 Å². The molecule has 0 spiro atoms. The summed E-state index contributed by atoms with van der Waals surface area (Å²) >= 11 is 4.42. The lowest BCUT2D eigenvalue weighted by Gasteiger charge is -2.42. The minimum absolute atomic E-state index is 0.0951. The second-order valence-corrected chi connectivity index (χ2v) is 3.63. The molecule has 1 aliphatic carbocycles. The molecule has 0 aliphatic heterocycles. The first-order valence-corrected chi connectivity index (χ1v) is 4.17. The molecule has 0 aromatic heterocycles. The van der Waals surface area contributed by atoms with Gasteiger partial charge in [-0.25, -0.2) is 0 Å². The summed E-state index contributed by atoms with van der Waals surface area (Å²) in [4.78, 5) is 0. The monoisotopic (exact) mass is 145 g/mol. The molecule has 2 heteroatoms. The molecule has 1 fully saturated rings. The molecule has 0 bridgehead atoms. The van der Waals surface area contributed by atoms with Gasteiger partial charge in [-0.1, -0.05) is 6.92 Å². The molecule has 0 heterocycles. The number of hydrogen-bond donors (Lipinski definition) is 2. The minimum atomic E-state index is 0.0951. The Bertz CT molecular complexity index is 99.1. The first-order chi connectivity index (χ1) is 4.19. The largest absolute Gasteiger partial charge is 0.324 e. The Morgan fingerprint density at radius 1 is 1.67 bits per heavy atom. The number of hydrogen-bond acceptors (Lipinski definition) is 2. The van der Waals surface area contributed by atoms with Crippen LogP contribution in [0.2, 0.25) is 0 Å². The maximum atomic E-state index is 5.98. The Morgan fingerprint density at radius 3 is 2.33 bits per heavy atom. The van der Waals surface area contributed by atoms with Gasteiger partial charge < -0.3 is 5.73 Å². The van der Waals surface area contributed by atoms with Gasteiger partial charge in [0.1, 0.15) is 0 Å². The smallest absolute Gasteiger partial charge is 0.0272 e. The molecule has 54 valence electrons. The Morgan fingerprint density at radius 2 is 2.22 bits per heavy atom. The van der Waals surface area contributed by atoms with Crippen molar-refractivity contribution in [2.24, 2.45) is 5.73 Å². The fourth-order valence-electron chi connectivity index (χ4n) is 1.32. The van der Waals surface area contributed by atoms with Crippen LogP contribution >= 0.6 is 12.6 Å². The number of nitrogens with two attached hydrogens (primary N) is 1. The average molecular weight is 145 g/mol. The quantitative estimate of drug-likeness (QED) is 0.567. The lowest BCUT2D eigenvalue weighted by molar-refractivity contribution is 0.239. The van der Waals surface area contributed by atoms with Gasteiger partial charge in [0.25, 0.3) is 0 Å². The van der Waals surface area contributed by atoms with Crippen LogP contribution in [0, 0.1) is 0 Å². The molecule has 0 aromatic rings. The molecule has 0 aromatic carbocycles. The van der Waals surface area contributed by atoms with Crippen molar-refractivity contribution >= 4 is 12.6 Å². The van der Waals surface area contributed by atoms with E-state index >= 15 is 0 Å². The van der Waals surface area contributed by atoms with Gasteiger partial charge in [-0.2, -0.15) is 12.6 Å². The third-order valence-electron chi connectivity index (χ3n) is 2.33. The molecule has 0 radical (unpaired) electrons. The van der Waals surface area contributed by atoms with Gasteiger partial charge in [-0.05, 0) is 25.7 Å². The van der Waals surface area contributed by atoms with Crippen molar-refractivity contribution in [2.75, 3.05) is 0 Å². The van der Waals surface area contributed by atoms with E-state index in [1.807, 2.05) is 0 Å². The molecule has 1 unspecified atom stereocenters. The van der Waals surface area contributed by atoms with E-state index in [2.05, 4.69) is 19.6 Å². The van der Waals surface area contributed by atoms with Crippen molar-refractivity contribution in [3.63, 3.8) is 0 Å². The summed E-state index contributed by atoms with van der Waals surface area (Å²) in [5.74, 6) is 0. The molecule has 0 amide bonds. The van der Waals surface area contributed by atoms with Crippen LogP contribution in [-0.4, -0.2) is 10.8 Å². The van der Waals surface area contributed by atoms with E-state index in [0.717, 1.165) is 6.42 Å². The zero-order valence-corrected chi connectivity index (χ0v) is 6.82. The van der Waals surface area contributed by atoms with E-state index in [0.29, 0.717) is 5.25 Å². The summed E-state index contributed by atoms with van der Waals surface area (Å²) < 4.78 is 0. The van der Waals surface area contributed by atoms with Crippen molar-refractivity contribution in [3.05, 3.63) is 0 Å². The van der Waals surface area contributed by atoms with Crippen LogP contribution in [0.4, 0.5) is 0 Å². The van der Waals surface area contributed by atoms with Crippen LogP contribution in [0.15, 0.2) is 0 Å².